The molecule has 0 unspecified atom stereocenters. The van der Waals surface area contributed by atoms with Crippen molar-refractivity contribution in [1.82, 2.24) is 4.57 Å². The van der Waals surface area contributed by atoms with Crippen LogP contribution in [0, 0.1) is 18.3 Å². The molecule has 0 atom stereocenters. The van der Waals surface area contributed by atoms with Crippen molar-refractivity contribution in [1.29, 1.82) is 5.26 Å². The van der Waals surface area contributed by atoms with Crippen LogP contribution in [-0.2, 0) is 12.5 Å². The first-order valence-electron chi connectivity index (χ1n) is 11.0. The van der Waals surface area contributed by atoms with Crippen LogP contribution in [0.4, 0.5) is 22.0 Å². The smallest absolute Gasteiger partial charge is 0.457 e. The Morgan fingerprint density at radius 2 is 1.51 bits per heavy atom. The zero-order valence-corrected chi connectivity index (χ0v) is 19.4. The maximum Gasteiger partial charge on any atom is 0.458 e. The largest absolute Gasteiger partial charge is 0.458 e. The average Bonchev–Trinajstić information content (AvgIpc) is 2.85. The molecule has 0 spiro atoms. The fourth-order valence-electron chi connectivity index (χ4n) is 3.86. The summed E-state index contributed by atoms with van der Waals surface area (Å²) in [5.41, 5.74) is -2.74. The normalized spacial score (nSPS) is 11.7. The Morgan fingerprint density at radius 1 is 0.865 bits per heavy atom. The molecule has 0 aliphatic rings. The first-order valence-corrected chi connectivity index (χ1v) is 11.0. The number of alkyl halides is 5. The highest BCUT2D eigenvalue weighted by Gasteiger charge is 2.60. The second-order valence-corrected chi connectivity index (χ2v) is 8.32. The van der Waals surface area contributed by atoms with Gasteiger partial charge in [0.05, 0.1) is 17.8 Å². The molecule has 37 heavy (non-hydrogen) atoms. The lowest BCUT2D eigenvalue weighted by Crippen LogP contribution is -2.38. The van der Waals surface area contributed by atoms with Crippen LogP contribution in [-0.4, -0.2) is 10.7 Å². The molecule has 0 saturated heterocycles. The van der Waals surface area contributed by atoms with E-state index in [1.165, 1.54) is 30.3 Å². The number of halogens is 5. The van der Waals surface area contributed by atoms with E-state index in [-0.39, 0.29) is 17.8 Å². The van der Waals surface area contributed by atoms with Crippen molar-refractivity contribution in [3.63, 3.8) is 0 Å². The quantitative estimate of drug-likeness (QED) is 0.258. The summed E-state index contributed by atoms with van der Waals surface area (Å²) < 4.78 is 75.5. The van der Waals surface area contributed by atoms with E-state index in [1.807, 2.05) is 19.1 Å². The highest BCUT2D eigenvalue weighted by Crippen LogP contribution is 2.45. The third-order valence-corrected chi connectivity index (χ3v) is 5.66. The Morgan fingerprint density at radius 3 is 2.11 bits per heavy atom. The highest BCUT2D eigenvalue weighted by atomic mass is 19.4. The van der Waals surface area contributed by atoms with Gasteiger partial charge in [0, 0.05) is 0 Å². The first-order chi connectivity index (χ1) is 17.5. The van der Waals surface area contributed by atoms with Gasteiger partial charge in [0.15, 0.2) is 0 Å². The number of aryl methyl sites for hydroxylation is 1. The number of para-hydroxylation sites is 1. The summed E-state index contributed by atoms with van der Waals surface area (Å²) in [5, 5.41) is 9.42. The molecule has 1 aromatic heterocycles. The van der Waals surface area contributed by atoms with Gasteiger partial charge >= 0.3 is 12.1 Å². The van der Waals surface area contributed by atoms with Crippen LogP contribution in [0.5, 0.6) is 11.5 Å². The lowest BCUT2D eigenvalue weighted by molar-refractivity contribution is -0.289. The van der Waals surface area contributed by atoms with Gasteiger partial charge in [-0.1, -0.05) is 48.0 Å². The number of nitriles is 1. The highest BCUT2D eigenvalue weighted by molar-refractivity contribution is 5.64. The van der Waals surface area contributed by atoms with Crippen LogP contribution in [0.3, 0.4) is 0 Å². The molecule has 0 aliphatic heterocycles. The van der Waals surface area contributed by atoms with Gasteiger partial charge in [-0.2, -0.15) is 27.2 Å². The molecule has 0 saturated carbocycles. The molecule has 0 radical (unpaired) electrons. The van der Waals surface area contributed by atoms with Gasteiger partial charge in [0.1, 0.15) is 23.1 Å². The lowest BCUT2D eigenvalue weighted by Gasteiger charge is -2.23. The van der Waals surface area contributed by atoms with E-state index < -0.39 is 28.8 Å². The van der Waals surface area contributed by atoms with Crippen molar-refractivity contribution in [2.45, 2.75) is 25.6 Å². The molecule has 4 nitrogen and oxygen atoms in total. The molecule has 4 rings (SSSR count). The first kappa shape index (κ1) is 25.6. The zero-order chi connectivity index (χ0) is 26.8. The van der Waals surface area contributed by atoms with Crippen LogP contribution >= 0.6 is 0 Å². The number of pyridine rings is 1. The molecule has 0 N–H and O–H groups in total. The summed E-state index contributed by atoms with van der Waals surface area (Å²) in [6, 6.07) is 23.5. The lowest BCUT2D eigenvalue weighted by atomic mass is 9.99. The number of nitrogens with zero attached hydrogens (tertiary/aromatic N) is 2. The monoisotopic (exact) mass is 510 g/mol. The maximum atomic E-state index is 14.5. The van der Waals surface area contributed by atoms with E-state index in [4.69, 9.17) is 4.74 Å². The van der Waals surface area contributed by atoms with Gasteiger partial charge in [0.2, 0.25) is 0 Å². The number of benzene rings is 3. The molecule has 0 fully saturated rings. The molecular weight excluding hydrogens is 491 g/mol. The third-order valence-electron chi connectivity index (χ3n) is 5.66. The molecule has 4 aromatic rings. The number of aromatic nitrogens is 1. The summed E-state index contributed by atoms with van der Waals surface area (Å²) in [5.74, 6) is -4.49. The van der Waals surface area contributed by atoms with Crippen molar-refractivity contribution in [3.05, 3.63) is 118 Å². The average molecular weight is 510 g/mol. The van der Waals surface area contributed by atoms with E-state index in [2.05, 4.69) is 0 Å². The third kappa shape index (κ3) is 5.23. The van der Waals surface area contributed by atoms with E-state index >= 15 is 0 Å². The van der Waals surface area contributed by atoms with Gasteiger partial charge < -0.3 is 9.30 Å². The molecule has 9 heteroatoms. The Labute approximate surface area is 208 Å². The SMILES string of the molecule is Cc1cccc(Cn2c(-c3ccc(Oc4ccccc4)cc3)cc(C(F)(F)C(F)(F)F)c(C#N)c2=O)c1. The summed E-state index contributed by atoms with van der Waals surface area (Å²) >= 11 is 0. The molecule has 1 heterocycles. The van der Waals surface area contributed by atoms with E-state index in [9.17, 15) is 32.0 Å². The van der Waals surface area contributed by atoms with Gasteiger partial charge in [-0.05, 0) is 60.5 Å². The van der Waals surface area contributed by atoms with E-state index in [0.717, 1.165) is 10.1 Å². The van der Waals surface area contributed by atoms with Crippen molar-refractivity contribution in [3.8, 4) is 28.8 Å². The van der Waals surface area contributed by atoms with Crippen molar-refractivity contribution in [2.24, 2.45) is 0 Å². The number of hydrogen-bond donors (Lipinski definition) is 0. The Bertz CT molecular complexity index is 1520. The van der Waals surface area contributed by atoms with Crippen LogP contribution in [0.15, 0.2) is 89.7 Å². The van der Waals surface area contributed by atoms with Crippen LogP contribution in [0.2, 0.25) is 0 Å². The molecule has 0 aliphatic carbocycles. The second kappa shape index (κ2) is 9.90. The molecule has 0 bridgehead atoms. The topological polar surface area (TPSA) is 55.0 Å². The summed E-state index contributed by atoms with van der Waals surface area (Å²) in [4.78, 5) is 13.2. The van der Waals surface area contributed by atoms with Gasteiger partial charge in [0.25, 0.3) is 5.56 Å². The predicted molar refractivity (Wildman–Crippen MR) is 128 cm³/mol. The second-order valence-electron chi connectivity index (χ2n) is 8.32. The van der Waals surface area contributed by atoms with Gasteiger partial charge in [-0.3, -0.25) is 4.79 Å². The minimum Gasteiger partial charge on any atom is -0.457 e. The van der Waals surface area contributed by atoms with Crippen LogP contribution in [0.1, 0.15) is 22.3 Å². The summed E-state index contributed by atoms with van der Waals surface area (Å²) in [7, 11) is 0. The molecule has 0 amide bonds. The molecular formula is C28H19F5N2O2. The van der Waals surface area contributed by atoms with E-state index in [0.29, 0.717) is 23.1 Å². The van der Waals surface area contributed by atoms with Crippen molar-refractivity contribution < 1.29 is 26.7 Å². The number of hydrogen-bond acceptors (Lipinski definition) is 3. The predicted octanol–water partition coefficient (Wildman–Crippen LogP) is 7.19. The van der Waals surface area contributed by atoms with Crippen LogP contribution in [0.25, 0.3) is 11.3 Å². The van der Waals surface area contributed by atoms with E-state index in [1.54, 1.807) is 42.5 Å². The Hall–Kier alpha value is -4.45. The standard InChI is InChI=1S/C28H19F5N2O2/c1-18-6-5-7-19(14-18)17-35-25(15-24(23(16-34)26(35)36)27(29,30)28(31,32)33)20-10-12-22(13-11-20)37-21-8-3-2-4-9-21/h2-15H,17H2,1H3. The maximum absolute atomic E-state index is 14.5. The molecule has 3 aromatic carbocycles. The minimum absolute atomic E-state index is 0.148. The summed E-state index contributed by atoms with van der Waals surface area (Å²) in [6.07, 6.45) is -6.00. The number of rotatable bonds is 6. The number of ether oxygens (including phenoxy) is 1. The zero-order valence-electron chi connectivity index (χ0n) is 19.4. The minimum atomic E-state index is -6.00. The van der Waals surface area contributed by atoms with Crippen LogP contribution < -0.4 is 10.3 Å². The van der Waals surface area contributed by atoms with Gasteiger partial charge in [-0.25, -0.2) is 0 Å². The fourth-order valence-corrected chi connectivity index (χ4v) is 3.86. The fraction of sp³-hybridized carbons (Fsp3) is 0.143. The summed E-state index contributed by atoms with van der Waals surface area (Å²) in [6.45, 7) is 1.66. The molecule has 188 valence electrons. The van der Waals surface area contributed by atoms with Crippen molar-refractivity contribution >= 4 is 0 Å². The Balaban J connectivity index is 1.89. The van der Waals surface area contributed by atoms with Gasteiger partial charge in [-0.15, -0.1) is 0 Å². The van der Waals surface area contributed by atoms with Crippen molar-refractivity contribution in [2.75, 3.05) is 0 Å². The Kier molecular flexibility index (Phi) is 6.86.